The monoisotopic (exact) mass is 349 g/mol. The Kier molecular flexibility index (Phi) is 5.12. The van der Waals surface area contributed by atoms with Gasteiger partial charge in [0.05, 0.1) is 11.4 Å². The smallest absolute Gasteiger partial charge is 0.263 e. The molecule has 3 rings (SSSR count). The summed E-state index contributed by atoms with van der Waals surface area (Å²) < 4.78 is 7.14. The van der Waals surface area contributed by atoms with E-state index in [0.717, 1.165) is 23.2 Å². The molecule has 1 N–H and O–H groups in total. The molecule has 2 aromatic carbocycles. The number of carbonyl (C=O) groups is 2. The van der Waals surface area contributed by atoms with Crippen molar-refractivity contribution in [2.75, 3.05) is 11.9 Å². The molecule has 0 aliphatic heterocycles. The summed E-state index contributed by atoms with van der Waals surface area (Å²) in [5, 5.41) is 7.25. The first-order chi connectivity index (χ1) is 12.5. The molecule has 1 amide bonds. The van der Waals surface area contributed by atoms with Crippen molar-refractivity contribution < 1.29 is 14.3 Å². The third kappa shape index (κ3) is 4.16. The Hall–Kier alpha value is -3.41. The zero-order valence-corrected chi connectivity index (χ0v) is 14.6. The molecule has 0 fully saturated rings. The lowest BCUT2D eigenvalue weighted by molar-refractivity contribution is -0.118. The van der Waals surface area contributed by atoms with Gasteiger partial charge in [-0.15, -0.1) is 0 Å². The molecule has 3 aromatic rings. The first kappa shape index (κ1) is 17.4. The van der Waals surface area contributed by atoms with E-state index in [9.17, 15) is 9.59 Å². The molecule has 1 heterocycles. The largest absolute Gasteiger partial charge is 0.484 e. The molecule has 0 saturated carbocycles. The van der Waals surface area contributed by atoms with E-state index in [4.69, 9.17) is 4.74 Å². The van der Waals surface area contributed by atoms with E-state index >= 15 is 0 Å². The fraction of sp³-hybridized carbons (Fsp3) is 0.150. The molecule has 0 aliphatic rings. The van der Waals surface area contributed by atoms with Gasteiger partial charge in [-0.05, 0) is 50.2 Å². The summed E-state index contributed by atoms with van der Waals surface area (Å²) in [5.74, 6) is 0.808. The van der Waals surface area contributed by atoms with Gasteiger partial charge < -0.3 is 10.1 Å². The lowest BCUT2D eigenvalue weighted by atomic mass is 10.2. The first-order valence-electron chi connectivity index (χ1n) is 8.17. The van der Waals surface area contributed by atoms with Gasteiger partial charge in [-0.3, -0.25) is 9.59 Å². The van der Waals surface area contributed by atoms with Crippen LogP contribution in [0.15, 0.2) is 54.6 Å². The highest BCUT2D eigenvalue weighted by Crippen LogP contribution is 2.18. The van der Waals surface area contributed by atoms with Gasteiger partial charge in [-0.25, -0.2) is 4.68 Å². The van der Waals surface area contributed by atoms with Crippen molar-refractivity contribution in [2.45, 2.75) is 13.8 Å². The summed E-state index contributed by atoms with van der Waals surface area (Å²) in [5.41, 5.74) is 3.37. The highest BCUT2D eigenvalue weighted by molar-refractivity contribution is 5.91. The van der Waals surface area contributed by atoms with Crippen molar-refractivity contribution in [3.05, 3.63) is 71.4 Å². The summed E-state index contributed by atoms with van der Waals surface area (Å²) in [7, 11) is 0. The number of anilines is 1. The lowest BCUT2D eigenvalue weighted by Crippen LogP contribution is -2.21. The van der Waals surface area contributed by atoms with Crippen LogP contribution in [0.5, 0.6) is 5.75 Å². The van der Waals surface area contributed by atoms with Gasteiger partial charge in [0.25, 0.3) is 5.91 Å². The lowest BCUT2D eigenvalue weighted by Gasteiger charge is -2.10. The van der Waals surface area contributed by atoms with E-state index in [0.29, 0.717) is 17.1 Å². The van der Waals surface area contributed by atoms with Gasteiger partial charge in [0.15, 0.2) is 6.61 Å². The second-order valence-electron chi connectivity index (χ2n) is 5.94. The molecule has 26 heavy (non-hydrogen) atoms. The number of hydrogen-bond acceptors (Lipinski definition) is 4. The van der Waals surface area contributed by atoms with Crippen molar-refractivity contribution in [2.24, 2.45) is 0 Å². The van der Waals surface area contributed by atoms with Crippen LogP contribution in [0.2, 0.25) is 0 Å². The fourth-order valence-electron chi connectivity index (χ4n) is 2.44. The van der Waals surface area contributed by atoms with Crippen LogP contribution in [-0.2, 0) is 4.79 Å². The predicted molar refractivity (Wildman–Crippen MR) is 99.0 cm³/mol. The molecule has 0 spiro atoms. The molecular formula is C20H19N3O3. The van der Waals surface area contributed by atoms with Crippen molar-refractivity contribution >= 4 is 18.0 Å². The number of carbonyl (C=O) groups excluding carboxylic acids is 2. The van der Waals surface area contributed by atoms with Crippen molar-refractivity contribution in [3.63, 3.8) is 0 Å². The summed E-state index contributed by atoms with van der Waals surface area (Å²) in [6, 6.07) is 16.2. The van der Waals surface area contributed by atoms with Crippen LogP contribution in [0, 0.1) is 13.8 Å². The maximum absolute atomic E-state index is 12.2. The number of ether oxygens (including phenoxy) is 1. The minimum Gasteiger partial charge on any atom is -0.484 e. The Morgan fingerprint density at radius 1 is 1.12 bits per heavy atom. The van der Waals surface area contributed by atoms with Gasteiger partial charge >= 0.3 is 0 Å². The van der Waals surface area contributed by atoms with E-state index in [1.54, 1.807) is 35.0 Å². The molecule has 132 valence electrons. The Labute approximate surface area is 151 Å². The Morgan fingerprint density at radius 2 is 1.81 bits per heavy atom. The second kappa shape index (κ2) is 7.65. The number of aromatic nitrogens is 2. The molecule has 0 atom stereocenters. The van der Waals surface area contributed by atoms with Crippen molar-refractivity contribution in [1.82, 2.24) is 9.78 Å². The third-order valence-corrected chi connectivity index (χ3v) is 3.76. The highest BCUT2D eigenvalue weighted by Gasteiger charge is 2.11. The molecule has 0 bridgehead atoms. The minimum atomic E-state index is -0.294. The maximum atomic E-state index is 12.2. The molecular weight excluding hydrogens is 330 g/mol. The number of nitrogens with zero attached hydrogens (tertiary/aromatic N) is 2. The van der Waals surface area contributed by atoms with Crippen LogP contribution in [0.4, 0.5) is 5.82 Å². The van der Waals surface area contributed by atoms with Gasteiger partial charge in [0.1, 0.15) is 17.9 Å². The molecule has 0 radical (unpaired) electrons. The number of amides is 1. The van der Waals surface area contributed by atoms with Crippen LogP contribution in [0.25, 0.3) is 5.69 Å². The minimum absolute atomic E-state index is 0.140. The molecule has 1 aromatic heterocycles. The van der Waals surface area contributed by atoms with Crippen LogP contribution >= 0.6 is 0 Å². The maximum Gasteiger partial charge on any atom is 0.263 e. The Bertz CT molecular complexity index is 912. The van der Waals surface area contributed by atoms with E-state index in [-0.39, 0.29) is 12.5 Å². The third-order valence-electron chi connectivity index (χ3n) is 3.76. The summed E-state index contributed by atoms with van der Waals surface area (Å²) in [6.45, 7) is 3.74. The topological polar surface area (TPSA) is 73.2 Å². The summed E-state index contributed by atoms with van der Waals surface area (Å²) in [6.07, 6.45) is 0.755. The van der Waals surface area contributed by atoms with Gasteiger partial charge in [0.2, 0.25) is 0 Å². The second-order valence-corrected chi connectivity index (χ2v) is 5.94. The normalized spacial score (nSPS) is 10.4. The number of nitrogens with one attached hydrogen (secondary N) is 1. The first-order valence-corrected chi connectivity index (χ1v) is 8.17. The van der Waals surface area contributed by atoms with E-state index in [1.165, 1.54) is 0 Å². The van der Waals surface area contributed by atoms with E-state index in [1.807, 2.05) is 38.1 Å². The SMILES string of the molecule is Cc1ccc(-n2nc(C)cc2NC(=O)COc2ccc(C=O)cc2)cc1. The van der Waals surface area contributed by atoms with Crippen molar-refractivity contribution in [3.8, 4) is 11.4 Å². The molecule has 6 nitrogen and oxygen atoms in total. The zero-order chi connectivity index (χ0) is 18.5. The number of rotatable bonds is 6. The molecule has 0 unspecified atom stereocenters. The Balaban J connectivity index is 1.67. The molecule has 0 saturated heterocycles. The average molecular weight is 349 g/mol. The van der Waals surface area contributed by atoms with Crippen LogP contribution in [0.1, 0.15) is 21.6 Å². The van der Waals surface area contributed by atoms with E-state index in [2.05, 4.69) is 10.4 Å². The molecule has 0 aliphatic carbocycles. The van der Waals surface area contributed by atoms with E-state index < -0.39 is 0 Å². The molecule has 6 heteroatoms. The number of aryl methyl sites for hydroxylation is 2. The Morgan fingerprint density at radius 3 is 2.46 bits per heavy atom. The number of hydrogen-bond donors (Lipinski definition) is 1. The average Bonchev–Trinajstić information content (AvgIpc) is 3.01. The number of aldehydes is 1. The highest BCUT2D eigenvalue weighted by atomic mass is 16.5. The summed E-state index contributed by atoms with van der Waals surface area (Å²) in [4.78, 5) is 22.9. The standard InChI is InChI=1S/C20H19N3O3/c1-14-3-7-17(8-4-14)23-19(11-15(2)22-23)21-20(25)13-26-18-9-5-16(12-24)6-10-18/h3-12H,13H2,1-2H3,(H,21,25). The zero-order valence-electron chi connectivity index (χ0n) is 14.6. The quantitative estimate of drug-likeness (QED) is 0.693. The van der Waals surface area contributed by atoms with Crippen LogP contribution in [-0.4, -0.2) is 28.6 Å². The number of benzene rings is 2. The van der Waals surface area contributed by atoms with Gasteiger partial charge in [-0.1, -0.05) is 17.7 Å². The van der Waals surface area contributed by atoms with Crippen LogP contribution < -0.4 is 10.1 Å². The van der Waals surface area contributed by atoms with Gasteiger partial charge in [0, 0.05) is 11.6 Å². The van der Waals surface area contributed by atoms with Crippen LogP contribution in [0.3, 0.4) is 0 Å². The summed E-state index contributed by atoms with van der Waals surface area (Å²) >= 11 is 0. The predicted octanol–water partition coefficient (Wildman–Crippen LogP) is 3.32. The van der Waals surface area contributed by atoms with Crippen molar-refractivity contribution in [1.29, 1.82) is 0 Å². The van der Waals surface area contributed by atoms with Gasteiger partial charge in [-0.2, -0.15) is 5.10 Å². The fourth-order valence-corrected chi connectivity index (χ4v) is 2.44.